The van der Waals surface area contributed by atoms with Crippen LogP contribution in [-0.4, -0.2) is 32.6 Å². The van der Waals surface area contributed by atoms with Crippen LogP contribution in [0.15, 0.2) is 12.2 Å². The molecule has 0 atom stereocenters. The first-order chi connectivity index (χ1) is 6.14. The van der Waals surface area contributed by atoms with Gasteiger partial charge < -0.3 is 4.90 Å². The van der Waals surface area contributed by atoms with Crippen molar-refractivity contribution in [2.75, 3.05) is 19.6 Å². The van der Waals surface area contributed by atoms with Crippen LogP contribution in [0.3, 0.4) is 0 Å². The SMILES string of the molecule is C/C=C/C[Si](C)(C)CCCN1CC1. The molecule has 0 unspecified atom stereocenters. The Balaban J connectivity index is 2.08. The minimum Gasteiger partial charge on any atom is -0.301 e. The van der Waals surface area contributed by atoms with E-state index in [0.29, 0.717) is 0 Å². The standard InChI is InChI=1S/C11H23NSi/c1-4-5-10-13(2,3)11-6-7-12-8-9-12/h4-5H,6-11H2,1-3H3/b5-4+. The van der Waals surface area contributed by atoms with E-state index in [9.17, 15) is 0 Å². The van der Waals surface area contributed by atoms with Gasteiger partial charge in [0.25, 0.3) is 0 Å². The summed E-state index contributed by atoms with van der Waals surface area (Å²) in [4.78, 5) is 2.53. The van der Waals surface area contributed by atoms with Gasteiger partial charge in [-0.2, -0.15) is 0 Å². The van der Waals surface area contributed by atoms with E-state index in [0.717, 1.165) is 0 Å². The lowest BCUT2D eigenvalue weighted by molar-refractivity contribution is 0.549. The van der Waals surface area contributed by atoms with Gasteiger partial charge in [-0.3, -0.25) is 0 Å². The normalized spacial score (nSPS) is 18.4. The highest BCUT2D eigenvalue weighted by Crippen LogP contribution is 2.19. The van der Waals surface area contributed by atoms with Crippen LogP contribution in [0.1, 0.15) is 13.3 Å². The van der Waals surface area contributed by atoms with E-state index < -0.39 is 8.07 Å². The Morgan fingerprint density at radius 1 is 1.31 bits per heavy atom. The van der Waals surface area contributed by atoms with Gasteiger partial charge in [0.2, 0.25) is 0 Å². The third kappa shape index (κ3) is 5.27. The average molecular weight is 197 g/mol. The molecule has 13 heavy (non-hydrogen) atoms. The summed E-state index contributed by atoms with van der Waals surface area (Å²) < 4.78 is 0. The molecule has 0 aromatic heterocycles. The summed E-state index contributed by atoms with van der Waals surface area (Å²) in [6, 6.07) is 2.86. The summed E-state index contributed by atoms with van der Waals surface area (Å²) in [6.45, 7) is 11.2. The molecule has 0 bridgehead atoms. The lowest BCUT2D eigenvalue weighted by Crippen LogP contribution is -2.24. The smallest absolute Gasteiger partial charge is 0.0511 e. The van der Waals surface area contributed by atoms with Gasteiger partial charge >= 0.3 is 0 Å². The molecule has 0 spiro atoms. The summed E-state index contributed by atoms with van der Waals surface area (Å²) >= 11 is 0. The molecule has 1 saturated heterocycles. The molecule has 1 heterocycles. The van der Waals surface area contributed by atoms with Crippen molar-refractivity contribution in [2.24, 2.45) is 0 Å². The van der Waals surface area contributed by atoms with E-state index in [1.165, 1.54) is 38.1 Å². The molecular weight excluding hydrogens is 174 g/mol. The molecule has 2 heteroatoms. The van der Waals surface area contributed by atoms with Crippen molar-refractivity contribution in [1.82, 2.24) is 4.90 Å². The highest BCUT2D eigenvalue weighted by Gasteiger charge is 2.21. The molecule has 0 radical (unpaired) electrons. The van der Waals surface area contributed by atoms with Crippen LogP contribution in [0.4, 0.5) is 0 Å². The van der Waals surface area contributed by atoms with Crippen molar-refractivity contribution in [3.05, 3.63) is 12.2 Å². The molecule has 76 valence electrons. The number of hydrogen-bond acceptors (Lipinski definition) is 1. The number of allylic oxidation sites excluding steroid dienone is 2. The van der Waals surface area contributed by atoms with Crippen molar-refractivity contribution in [3.8, 4) is 0 Å². The summed E-state index contributed by atoms with van der Waals surface area (Å²) in [6.07, 6.45) is 5.97. The zero-order chi connectivity index (χ0) is 9.73. The second kappa shape index (κ2) is 4.96. The van der Waals surface area contributed by atoms with E-state index in [1.54, 1.807) is 0 Å². The van der Waals surface area contributed by atoms with Crippen LogP contribution in [0.2, 0.25) is 25.2 Å². The Kier molecular flexibility index (Phi) is 4.20. The molecule has 1 aliphatic heterocycles. The molecule has 1 fully saturated rings. The van der Waals surface area contributed by atoms with Gasteiger partial charge in [0, 0.05) is 13.1 Å². The Morgan fingerprint density at radius 3 is 2.54 bits per heavy atom. The van der Waals surface area contributed by atoms with Crippen LogP contribution in [0.5, 0.6) is 0 Å². The molecule has 0 amide bonds. The van der Waals surface area contributed by atoms with Gasteiger partial charge in [-0.1, -0.05) is 31.3 Å². The fourth-order valence-electron chi connectivity index (χ4n) is 1.61. The maximum absolute atomic E-state index is 2.53. The maximum Gasteiger partial charge on any atom is 0.0511 e. The van der Waals surface area contributed by atoms with Gasteiger partial charge in [0.15, 0.2) is 0 Å². The van der Waals surface area contributed by atoms with E-state index in [2.05, 4.69) is 37.1 Å². The second-order valence-corrected chi connectivity index (χ2v) is 10.1. The molecule has 0 aromatic rings. The van der Waals surface area contributed by atoms with E-state index >= 15 is 0 Å². The fraction of sp³-hybridized carbons (Fsp3) is 0.818. The lowest BCUT2D eigenvalue weighted by Gasteiger charge is -2.20. The first-order valence-electron chi connectivity index (χ1n) is 5.47. The van der Waals surface area contributed by atoms with E-state index in [1.807, 2.05) is 0 Å². The van der Waals surface area contributed by atoms with Crippen molar-refractivity contribution in [2.45, 2.75) is 38.5 Å². The van der Waals surface area contributed by atoms with Gasteiger partial charge in [-0.05, 0) is 25.9 Å². The van der Waals surface area contributed by atoms with Crippen LogP contribution in [-0.2, 0) is 0 Å². The Labute approximate surface area is 83.8 Å². The average Bonchev–Trinajstić information content (AvgIpc) is 2.84. The first kappa shape index (κ1) is 11.0. The minimum absolute atomic E-state index is 0.877. The zero-order valence-electron chi connectivity index (χ0n) is 9.34. The number of rotatable bonds is 6. The van der Waals surface area contributed by atoms with Crippen molar-refractivity contribution in [1.29, 1.82) is 0 Å². The molecule has 1 nitrogen and oxygen atoms in total. The third-order valence-electron chi connectivity index (χ3n) is 2.77. The van der Waals surface area contributed by atoms with Crippen molar-refractivity contribution < 1.29 is 0 Å². The fourth-order valence-corrected chi connectivity index (χ4v) is 3.81. The molecule has 1 aliphatic rings. The summed E-state index contributed by atoms with van der Waals surface area (Å²) in [5.41, 5.74) is 0. The summed E-state index contributed by atoms with van der Waals surface area (Å²) in [7, 11) is -0.877. The van der Waals surface area contributed by atoms with Crippen LogP contribution < -0.4 is 0 Å². The Bertz CT molecular complexity index is 171. The van der Waals surface area contributed by atoms with Crippen LogP contribution in [0.25, 0.3) is 0 Å². The quantitative estimate of drug-likeness (QED) is 0.359. The largest absolute Gasteiger partial charge is 0.301 e. The minimum atomic E-state index is -0.877. The molecule has 0 aromatic carbocycles. The Morgan fingerprint density at radius 2 is 2.00 bits per heavy atom. The van der Waals surface area contributed by atoms with E-state index in [-0.39, 0.29) is 0 Å². The van der Waals surface area contributed by atoms with Gasteiger partial charge in [-0.15, -0.1) is 0 Å². The number of hydrogen-bond donors (Lipinski definition) is 0. The second-order valence-electron chi connectivity index (χ2n) is 4.88. The number of nitrogens with zero attached hydrogens (tertiary/aromatic N) is 1. The van der Waals surface area contributed by atoms with Crippen LogP contribution >= 0.6 is 0 Å². The predicted octanol–water partition coefficient (Wildman–Crippen LogP) is 2.98. The third-order valence-corrected chi connectivity index (χ3v) is 5.82. The lowest BCUT2D eigenvalue weighted by atomic mass is 10.5. The summed E-state index contributed by atoms with van der Waals surface area (Å²) in [5, 5.41) is 0. The maximum atomic E-state index is 2.53. The van der Waals surface area contributed by atoms with Gasteiger partial charge in [-0.25, -0.2) is 0 Å². The molecule has 0 N–H and O–H groups in total. The van der Waals surface area contributed by atoms with Crippen molar-refractivity contribution >= 4 is 8.07 Å². The summed E-state index contributed by atoms with van der Waals surface area (Å²) in [5.74, 6) is 0. The topological polar surface area (TPSA) is 3.01 Å². The molecular formula is C11H23NSi. The monoisotopic (exact) mass is 197 g/mol. The zero-order valence-corrected chi connectivity index (χ0v) is 10.3. The molecule has 1 rings (SSSR count). The highest BCUT2D eigenvalue weighted by molar-refractivity contribution is 6.77. The van der Waals surface area contributed by atoms with Crippen molar-refractivity contribution in [3.63, 3.8) is 0 Å². The molecule has 0 aliphatic carbocycles. The molecule has 0 saturated carbocycles. The first-order valence-corrected chi connectivity index (χ1v) is 8.89. The van der Waals surface area contributed by atoms with Gasteiger partial charge in [0.1, 0.15) is 0 Å². The predicted molar refractivity (Wildman–Crippen MR) is 63.0 cm³/mol. The van der Waals surface area contributed by atoms with E-state index in [4.69, 9.17) is 0 Å². The highest BCUT2D eigenvalue weighted by atomic mass is 28.3. The van der Waals surface area contributed by atoms with Gasteiger partial charge in [0.05, 0.1) is 8.07 Å². The Hall–Kier alpha value is -0.0831. The van der Waals surface area contributed by atoms with Crippen LogP contribution in [0, 0.1) is 0 Å².